The number of rotatable bonds is 28. The number of unbranched alkanes of at least 4 members (excludes halogenated alkanes) is 16. The van der Waals surface area contributed by atoms with Crippen LogP contribution in [0.2, 0.25) is 0 Å². The summed E-state index contributed by atoms with van der Waals surface area (Å²) >= 11 is 0. The van der Waals surface area contributed by atoms with E-state index < -0.39 is 40.3 Å². The summed E-state index contributed by atoms with van der Waals surface area (Å²) in [6.07, 6.45) is 20.2. The number of benzene rings is 1. The Morgan fingerprint density at radius 1 is 0.655 bits per heavy atom. The van der Waals surface area contributed by atoms with Gasteiger partial charge in [-0.3, -0.25) is 19.7 Å². The molecule has 0 saturated heterocycles. The number of nitrogens with one attached hydrogen (secondary N) is 4. The monoisotopic (exact) mass is 776 g/mol. The van der Waals surface area contributed by atoms with Gasteiger partial charge in [0, 0.05) is 36.8 Å². The maximum absolute atomic E-state index is 13.2. The van der Waals surface area contributed by atoms with Crippen molar-refractivity contribution in [3.63, 3.8) is 0 Å². The molecule has 0 aliphatic carbocycles. The van der Waals surface area contributed by atoms with Crippen molar-refractivity contribution in [2.75, 3.05) is 13.1 Å². The Hall–Kier alpha value is -3.90. The third-order valence-electron chi connectivity index (χ3n) is 8.91. The quantitative estimate of drug-likeness (QED) is 0.0369. The highest BCUT2D eigenvalue weighted by Crippen LogP contribution is 2.21. The molecule has 314 valence electrons. The van der Waals surface area contributed by atoms with E-state index in [1.165, 1.54) is 102 Å². The zero-order chi connectivity index (χ0) is 41.1. The number of carbonyl (C=O) groups is 4. The summed E-state index contributed by atoms with van der Waals surface area (Å²) in [7, 11) is 0. The molecule has 13 nitrogen and oxygen atoms in total. The molecular weight excluding hydrogens is 702 g/mol. The molecule has 13 heteroatoms. The third-order valence-corrected chi connectivity index (χ3v) is 8.91. The summed E-state index contributed by atoms with van der Waals surface area (Å²) in [6.45, 7) is 13.3. The van der Waals surface area contributed by atoms with Gasteiger partial charge < -0.3 is 30.7 Å². The number of ether oxygens (including phenoxy) is 2. The second kappa shape index (κ2) is 27.6. The van der Waals surface area contributed by atoms with E-state index in [0.717, 1.165) is 19.3 Å². The second-order valence-electron chi connectivity index (χ2n) is 16.5. The number of nitrogens with zero attached hydrogens (tertiary/aromatic N) is 1. The minimum absolute atomic E-state index is 0.169. The molecule has 0 fully saturated rings. The summed E-state index contributed by atoms with van der Waals surface area (Å²) < 4.78 is 10.6. The van der Waals surface area contributed by atoms with Crippen molar-refractivity contribution < 1.29 is 33.6 Å². The Morgan fingerprint density at radius 2 is 1.13 bits per heavy atom. The predicted octanol–water partition coefficient (Wildman–Crippen LogP) is 9.79. The minimum Gasteiger partial charge on any atom is -0.444 e. The third kappa shape index (κ3) is 25.7. The van der Waals surface area contributed by atoms with E-state index in [1.807, 2.05) is 0 Å². The van der Waals surface area contributed by atoms with Gasteiger partial charge in [0.25, 0.3) is 11.6 Å². The van der Waals surface area contributed by atoms with E-state index in [0.29, 0.717) is 25.9 Å². The Bertz CT molecular complexity index is 1290. The normalized spacial score (nSPS) is 12.1. The van der Waals surface area contributed by atoms with Gasteiger partial charge in [-0.25, -0.2) is 9.59 Å². The summed E-state index contributed by atoms with van der Waals surface area (Å²) in [4.78, 5) is 61.9. The number of hydrogen-bond donors (Lipinski definition) is 4. The van der Waals surface area contributed by atoms with E-state index in [-0.39, 0.29) is 35.7 Å². The number of nitro groups is 1. The average Bonchev–Trinajstić information content (AvgIpc) is 3.09. The Morgan fingerprint density at radius 3 is 1.64 bits per heavy atom. The van der Waals surface area contributed by atoms with E-state index in [1.54, 1.807) is 41.5 Å². The lowest BCUT2D eigenvalue weighted by atomic mass is 10.0. The van der Waals surface area contributed by atoms with Crippen LogP contribution in [0.3, 0.4) is 0 Å². The van der Waals surface area contributed by atoms with Crippen molar-refractivity contribution in [2.24, 2.45) is 0 Å². The fourth-order valence-electron chi connectivity index (χ4n) is 6.00. The first-order chi connectivity index (χ1) is 26.0. The zero-order valence-electron chi connectivity index (χ0n) is 35.1. The van der Waals surface area contributed by atoms with Crippen LogP contribution in [0.25, 0.3) is 0 Å². The number of carbonyl (C=O) groups excluding carboxylic acids is 4. The van der Waals surface area contributed by atoms with Crippen LogP contribution in [0.4, 0.5) is 15.3 Å². The largest absolute Gasteiger partial charge is 0.444 e. The molecule has 1 aromatic carbocycles. The Labute approximate surface area is 330 Å². The van der Waals surface area contributed by atoms with E-state index in [4.69, 9.17) is 9.47 Å². The van der Waals surface area contributed by atoms with Crippen LogP contribution >= 0.6 is 0 Å². The summed E-state index contributed by atoms with van der Waals surface area (Å²) in [5, 5.41) is 22.7. The molecular formula is C42H73N5O8. The molecule has 0 heterocycles. The standard InChI is InChI=1S/C42H73N5O8/c1-8-9-10-11-12-13-14-15-16-17-18-19-20-21-22-24-29-43-37(48)33-27-28-34(36(31-33)47(52)53)32-45-38(49)35(46-40(51)55-42(5,6)7)26-23-25-30-44-39(50)54-41(2,3)4/h27-28,31,35H,8-26,29-30,32H2,1-7H3,(H,43,48)(H,44,50)(H,45,49)(H,46,51)/t35-/m0/s1. The average molecular weight is 776 g/mol. The van der Waals surface area contributed by atoms with Gasteiger partial charge >= 0.3 is 12.2 Å². The lowest BCUT2D eigenvalue weighted by Crippen LogP contribution is -2.48. The molecule has 0 spiro atoms. The van der Waals surface area contributed by atoms with Crippen LogP contribution in [0, 0.1) is 10.1 Å². The van der Waals surface area contributed by atoms with Gasteiger partial charge in [-0.15, -0.1) is 0 Å². The first-order valence-electron chi connectivity index (χ1n) is 20.8. The van der Waals surface area contributed by atoms with Gasteiger partial charge in [0.2, 0.25) is 5.91 Å². The first kappa shape index (κ1) is 49.1. The number of amides is 4. The maximum Gasteiger partial charge on any atom is 0.408 e. The van der Waals surface area contributed by atoms with Crippen molar-refractivity contribution in [1.82, 2.24) is 21.3 Å². The van der Waals surface area contributed by atoms with Crippen molar-refractivity contribution in [3.8, 4) is 0 Å². The molecule has 0 bridgehead atoms. The van der Waals surface area contributed by atoms with Crippen LogP contribution in [0.15, 0.2) is 18.2 Å². The lowest BCUT2D eigenvalue weighted by Gasteiger charge is -2.23. The molecule has 1 rings (SSSR count). The van der Waals surface area contributed by atoms with Gasteiger partial charge in [-0.1, -0.05) is 103 Å². The van der Waals surface area contributed by atoms with E-state index in [9.17, 15) is 29.3 Å². The summed E-state index contributed by atoms with van der Waals surface area (Å²) in [6, 6.07) is 3.19. The fraction of sp³-hybridized carbons (Fsp3) is 0.762. The Balaban J connectivity index is 2.52. The molecule has 0 aliphatic heterocycles. The van der Waals surface area contributed by atoms with Crippen molar-refractivity contribution >= 4 is 29.7 Å². The summed E-state index contributed by atoms with van der Waals surface area (Å²) in [5.74, 6) is -0.941. The maximum atomic E-state index is 13.2. The van der Waals surface area contributed by atoms with Crippen molar-refractivity contribution in [3.05, 3.63) is 39.4 Å². The molecule has 1 aromatic rings. The number of alkyl carbamates (subject to hydrolysis) is 2. The van der Waals surface area contributed by atoms with Crippen LogP contribution in [-0.2, 0) is 20.8 Å². The van der Waals surface area contributed by atoms with Gasteiger partial charge in [-0.05, 0) is 79.4 Å². The molecule has 55 heavy (non-hydrogen) atoms. The lowest BCUT2D eigenvalue weighted by molar-refractivity contribution is -0.385. The molecule has 0 aliphatic rings. The van der Waals surface area contributed by atoms with Crippen LogP contribution in [0.1, 0.15) is 186 Å². The molecule has 4 amide bonds. The SMILES string of the molecule is CCCCCCCCCCCCCCCCCCNC(=O)c1ccc(CNC(=O)[C@H](CCCCNC(=O)OC(C)(C)C)NC(=O)OC(C)(C)C)c([N+](=O)[O-])c1. The van der Waals surface area contributed by atoms with Crippen molar-refractivity contribution in [1.29, 1.82) is 0 Å². The number of hydrogen-bond acceptors (Lipinski definition) is 8. The zero-order valence-corrected chi connectivity index (χ0v) is 35.1. The second-order valence-corrected chi connectivity index (χ2v) is 16.5. The van der Waals surface area contributed by atoms with Crippen molar-refractivity contribution in [2.45, 2.75) is 194 Å². The van der Waals surface area contributed by atoms with Gasteiger partial charge in [-0.2, -0.15) is 0 Å². The highest BCUT2D eigenvalue weighted by molar-refractivity contribution is 5.95. The smallest absolute Gasteiger partial charge is 0.408 e. The van der Waals surface area contributed by atoms with Crippen LogP contribution in [0.5, 0.6) is 0 Å². The minimum atomic E-state index is -0.995. The van der Waals surface area contributed by atoms with Gasteiger partial charge in [0.15, 0.2) is 0 Å². The first-order valence-corrected chi connectivity index (χ1v) is 20.8. The molecule has 4 N–H and O–H groups in total. The highest BCUT2D eigenvalue weighted by Gasteiger charge is 2.25. The highest BCUT2D eigenvalue weighted by atomic mass is 16.6. The molecule has 0 radical (unpaired) electrons. The predicted molar refractivity (Wildman–Crippen MR) is 218 cm³/mol. The topological polar surface area (TPSA) is 178 Å². The van der Waals surface area contributed by atoms with E-state index in [2.05, 4.69) is 28.2 Å². The molecule has 0 aromatic heterocycles. The molecule has 0 unspecified atom stereocenters. The fourth-order valence-corrected chi connectivity index (χ4v) is 6.00. The van der Waals surface area contributed by atoms with Crippen LogP contribution < -0.4 is 21.3 Å². The van der Waals surface area contributed by atoms with Crippen LogP contribution in [-0.4, -0.2) is 59.3 Å². The Kier molecular flexibility index (Phi) is 24.7. The molecule has 0 saturated carbocycles. The van der Waals surface area contributed by atoms with Gasteiger partial charge in [0.05, 0.1) is 4.92 Å². The summed E-state index contributed by atoms with van der Waals surface area (Å²) in [5.41, 5.74) is -1.33. The van der Waals surface area contributed by atoms with E-state index >= 15 is 0 Å². The number of nitro benzene ring substituents is 1. The van der Waals surface area contributed by atoms with Gasteiger partial charge in [0.1, 0.15) is 17.2 Å². The molecule has 1 atom stereocenters.